The second-order valence-corrected chi connectivity index (χ2v) is 6.42. The van der Waals surface area contributed by atoms with Crippen molar-refractivity contribution in [1.82, 2.24) is 0 Å². The Kier molecular flexibility index (Phi) is 5.44. The van der Waals surface area contributed by atoms with E-state index in [0.717, 1.165) is 5.56 Å². The van der Waals surface area contributed by atoms with Crippen molar-refractivity contribution in [3.8, 4) is 0 Å². The van der Waals surface area contributed by atoms with Gasteiger partial charge in [0.2, 0.25) is 11.4 Å². The van der Waals surface area contributed by atoms with Crippen LogP contribution in [0.2, 0.25) is 0 Å². The first-order valence-corrected chi connectivity index (χ1v) is 8.09. The molecular weight excluding hydrogens is 306 g/mol. The molecule has 0 amide bonds. The molecule has 1 aromatic carbocycles. The fourth-order valence-corrected chi connectivity index (χ4v) is 3.04. The van der Waals surface area contributed by atoms with Gasteiger partial charge in [0.1, 0.15) is 6.10 Å². The summed E-state index contributed by atoms with van der Waals surface area (Å²) in [6.45, 7) is 9.36. The van der Waals surface area contributed by atoms with Crippen LogP contribution in [0, 0.1) is 11.8 Å². The molecule has 24 heavy (non-hydrogen) atoms. The monoisotopic (exact) mass is 331 g/mol. The zero-order chi connectivity index (χ0) is 17.9. The summed E-state index contributed by atoms with van der Waals surface area (Å²) in [5, 5.41) is 10.9. The summed E-state index contributed by atoms with van der Waals surface area (Å²) in [5.41, 5.74) is -0.755. The fraction of sp³-hybridized carbons (Fsp3) is 0.474. The second kappa shape index (κ2) is 7.18. The molecule has 5 nitrogen and oxygen atoms in total. The van der Waals surface area contributed by atoms with E-state index < -0.39 is 23.7 Å². The van der Waals surface area contributed by atoms with Crippen molar-refractivity contribution in [2.75, 3.05) is 7.11 Å². The SMILES string of the molecule is C=C[C@H](C)[C@H](O)[C@]1(C(=O)OC)N=C(c2ccccc2)O[C@H]1C(C)C. The lowest BCUT2D eigenvalue weighted by Gasteiger charge is -2.36. The Morgan fingerprint density at radius 1 is 1.38 bits per heavy atom. The smallest absolute Gasteiger partial charge is 0.340 e. The fourth-order valence-electron chi connectivity index (χ4n) is 3.04. The summed E-state index contributed by atoms with van der Waals surface area (Å²) in [4.78, 5) is 17.2. The van der Waals surface area contributed by atoms with Crippen LogP contribution in [0.15, 0.2) is 48.0 Å². The van der Waals surface area contributed by atoms with Crippen LogP contribution in [0.3, 0.4) is 0 Å². The van der Waals surface area contributed by atoms with E-state index in [4.69, 9.17) is 9.47 Å². The average Bonchev–Trinajstić information content (AvgIpc) is 3.02. The van der Waals surface area contributed by atoms with Gasteiger partial charge in [-0.25, -0.2) is 9.79 Å². The first-order chi connectivity index (χ1) is 11.4. The summed E-state index contributed by atoms with van der Waals surface area (Å²) in [7, 11) is 1.29. The second-order valence-electron chi connectivity index (χ2n) is 6.42. The summed E-state index contributed by atoms with van der Waals surface area (Å²) in [5.74, 6) is -0.670. The van der Waals surface area contributed by atoms with E-state index in [1.807, 2.05) is 44.2 Å². The predicted molar refractivity (Wildman–Crippen MR) is 92.8 cm³/mol. The molecule has 1 heterocycles. The number of hydrogen-bond acceptors (Lipinski definition) is 5. The van der Waals surface area contributed by atoms with Gasteiger partial charge in [0.05, 0.1) is 13.2 Å². The van der Waals surface area contributed by atoms with Gasteiger partial charge in [-0.1, -0.05) is 45.0 Å². The molecule has 130 valence electrons. The van der Waals surface area contributed by atoms with Gasteiger partial charge >= 0.3 is 5.97 Å². The van der Waals surface area contributed by atoms with Crippen molar-refractivity contribution in [1.29, 1.82) is 0 Å². The van der Waals surface area contributed by atoms with Crippen LogP contribution in [0.1, 0.15) is 26.3 Å². The number of carbonyl (C=O) groups is 1. The maximum atomic E-state index is 12.7. The normalized spacial score (nSPS) is 25.6. The molecule has 4 atom stereocenters. The van der Waals surface area contributed by atoms with E-state index in [2.05, 4.69) is 11.6 Å². The molecule has 1 aromatic rings. The van der Waals surface area contributed by atoms with Gasteiger partial charge in [0, 0.05) is 11.5 Å². The molecule has 0 aliphatic carbocycles. The Bertz CT molecular complexity index is 626. The van der Waals surface area contributed by atoms with Crippen molar-refractivity contribution >= 4 is 11.9 Å². The molecule has 1 aliphatic rings. The number of nitrogens with zero attached hydrogens (tertiary/aromatic N) is 1. The third kappa shape index (κ3) is 2.96. The number of carbonyl (C=O) groups excluding carboxylic acids is 1. The molecule has 0 saturated carbocycles. The van der Waals surface area contributed by atoms with Crippen LogP contribution in [0.4, 0.5) is 0 Å². The number of aliphatic hydroxyl groups is 1. The quantitative estimate of drug-likeness (QED) is 0.642. The zero-order valence-corrected chi connectivity index (χ0v) is 14.6. The molecule has 5 heteroatoms. The highest BCUT2D eigenvalue weighted by Crippen LogP contribution is 2.39. The van der Waals surface area contributed by atoms with Crippen LogP contribution in [0.5, 0.6) is 0 Å². The van der Waals surface area contributed by atoms with Crippen molar-refractivity contribution in [2.45, 2.75) is 38.5 Å². The lowest BCUT2D eigenvalue weighted by molar-refractivity contribution is -0.158. The first kappa shape index (κ1) is 18.2. The molecule has 0 spiro atoms. The van der Waals surface area contributed by atoms with Gasteiger partial charge in [-0.05, 0) is 18.1 Å². The molecule has 0 unspecified atom stereocenters. The number of ether oxygens (including phenoxy) is 2. The minimum atomic E-state index is -1.51. The maximum absolute atomic E-state index is 12.7. The largest absolute Gasteiger partial charge is 0.471 e. The van der Waals surface area contributed by atoms with Gasteiger partial charge in [-0.2, -0.15) is 0 Å². The number of hydrogen-bond donors (Lipinski definition) is 1. The van der Waals surface area contributed by atoms with Crippen LogP contribution >= 0.6 is 0 Å². The molecule has 1 N–H and O–H groups in total. The molecule has 0 bridgehead atoms. The van der Waals surface area contributed by atoms with Crippen LogP contribution < -0.4 is 0 Å². The molecule has 2 rings (SSSR count). The van der Waals surface area contributed by atoms with Crippen LogP contribution in [-0.2, 0) is 14.3 Å². The molecule has 0 saturated heterocycles. The summed E-state index contributed by atoms with van der Waals surface area (Å²) in [6.07, 6.45) is -0.128. The Morgan fingerprint density at radius 2 is 2.00 bits per heavy atom. The minimum absolute atomic E-state index is 0.0549. The Morgan fingerprint density at radius 3 is 2.50 bits per heavy atom. The Balaban J connectivity index is 2.60. The lowest BCUT2D eigenvalue weighted by atomic mass is 9.77. The van der Waals surface area contributed by atoms with E-state index in [1.54, 1.807) is 13.0 Å². The number of aliphatic hydroxyl groups excluding tert-OH is 1. The van der Waals surface area contributed by atoms with Crippen molar-refractivity contribution in [3.63, 3.8) is 0 Å². The van der Waals surface area contributed by atoms with E-state index >= 15 is 0 Å². The van der Waals surface area contributed by atoms with E-state index in [-0.39, 0.29) is 11.8 Å². The number of methoxy groups -OCH3 is 1. The van der Waals surface area contributed by atoms with E-state index in [1.165, 1.54) is 7.11 Å². The molecule has 0 fully saturated rings. The lowest BCUT2D eigenvalue weighted by Crippen LogP contribution is -2.59. The maximum Gasteiger partial charge on any atom is 0.340 e. The van der Waals surface area contributed by atoms with Crippen LogP contribution in [0.25, 0.3) is 0 Å². The highest BCUT2D eigenvalue weighted by atomic mass is 16.5. The van der Waals surface area contributed by atoms with Gasteiger partial charge in [-0.15, -0.1) is 6.58 Å². The molecular formula is C19H25NO4. The van der Waals surface area contributed by atoms with Crippen LogP contribution in [-0.4, -0.2) is 41.8 Å². The predicted octanol–water partition coefficient (Wildman–Crippen LogP) is 2.58. The first-order valence-electron chi connectivity index (χ1n) is 8.09. The molecule has 0 aromatic heterocycles. The highest BCUT2D eigenvalue weighted by Gasteiger charge is 2.60. The standard InChI is InChI=1S/C19H25NO4/c1-6-13(4)15(21)19(18(22)23-5)16(12(2)3)24-17(20-19)14-10-8-7-9-11-14/h6-13,15-16,21H,1H2,2-5H3/t13-,15-,16-,19-/m0/s1. The third-order valence-electron chi connectivity index (χ3n) is 4.42. The number of esters is 1. The highest BCUT2D eigenvalue weighted by molar-refractivity contribution is 5.99. The summed E-state index contributed by atoms with van der Waals surface area (Å²) in [6, 6.07) is 9.33. The topological polar surface area (TPSA) is 68.1 Å². The van der Waals surface area contributed by atoms with Gasteiger partial charge in [0.25, 0.3) is 0 Å². The number of rotatable bonds is 6. The van der Waals surface area contributed by atoms with Gasteiger partial charge in [-0.3, -0.25) is 0 Å². The van der Waals surface area contributed by atoms with Gasteiger partial charge < -0.3 is 14.6 Å². The Labute approximate surface area is 143 Å². The van der Waals surface area contributed by atoms with Crippen molar-refractivity contribution < 1.29 is 19.4 Å². The van der Waals surface area contributed by atoms with Gasteiger partial charge in [0.15, 0.2) is 0 Å². The van der Waals surface area contributed by atoms with E-state index in [0.29, 0.717) is 5.90 Å². The summed E-state index contributed by atoms with van der Waals surface area (Å²) < 4.78 is 11.0. The Hall–Kier alpha value is -2.14. The number of aliphatic imine (C=N–C) groups is 1. The third-order valence-corrected chi connectivity index (χ3v) is 4.42. The minimum Gasteiger partial charge on any atom is -0.471 e. The van der Waals surface area contributed by atoms with Crippen molar-refractivity contribution in [2.24, 2.45) is 16.8 Å². The average molecular weight is 331 g/mol. The summed E-state index contributed by atoms with van der Waals surface area (Å²) >= 11 is 0. The number of benzene rings is 1. The molecule has 0 radical (unpaired) electrons. The zero-order valence-electron chi connectivity index (χ0n) is 14.6. The van der Waals surface area contributed by atoms with E-state index in [9.17, 15) is 9.90 Å². The van der Waals surface area contributed by atoms with Crippen molar-refractivity contribution in [3.05, 3.63) is 48.6 Å². The molecule has 1 aliphatic heterocycles.